The maximum Gasteiger partial charge on any atom is 0.123 e. The molecule has 3 heteroatoms. The predicted molar refractivity (Wildman–Crippen MR) is 85.9 cm³/mol. The largest absolute Gasteiger partial charge is 0.207 e. The molecule has 2 rings (SSSR count). The van der Waals surface area contributed by atoms with Crippen molar-refractivity contribution in [3.05, 3.63) is 74.5 Å². The molecule has 0 N–H and O–H groups in total. The average molecular weight is 370 g/mol. The molecule has 0 nitrogen and oxygen atoms in total. The van der Waals surface area contributed by atoms with Crippen molar-refractivity contribution in [3.63, 3.8) is 0 Å². The number of hydrogen-bond acceptors (Lipinski definition) is 1. The smallest absolute Gasteiger partial charge is 0.123 e. The van der Waals surface area contributed by atoms with Crippen LogP contribution in [0.15, 0.2) is 53.9 Å². The number of hydrogen-bond donors (Lipinski definition) is 0. The minimum Gasteiger partial charge on any atom is -0.207 e. The quantitative estimate of drug-likeness (QED) is 0.656. The van der Waals surface area contributed by atoms with Crippen molar-refractivity contribution in [2.75, 3.05) is 0 Å². The fourth-order valence-electron chi connectivity index (χ4n) is 1.43. The van der Waals surface area contributed by atoms with Crippen LogP contribution in [-0.4, -0.2) is 0 Å². The van der Waals surface area contributed by atoms with Gasteiger partial charge < -0.3 is 0 Å². The van der Waals surface area contributed by atoms with E-state index in [9.17, 15) is 4.39 Å². The van der Waals surface area contributed by atoms with Crippen LogP contribution in [0.5, 0.6) is 0 Å². The van der Waals surface area contributed by atoms with Gasteiger partial charge in [0, 0.05) is 9.32 Å². The van der Waals surface area contributed by atoms with Gasteiger partial charge in [-0.05, 0) is 69.5 Å². The van der Waals surface area contributed by atoms with Crippen molar-refractivity contribution in [1.82, 2.24) is 0 Å². The third-order valence-electron chi connectivity index (χ3n) is 2.39. The molecule has 0 aromatic heterocycles. The molecule has 2 aromatic carbocycles. The Morgan fingerprint density at radius 3 is 2.33 bits per heavy atom. The summed E-state index contributed by atoms with van der Waals surface area (Å²) in [5, 5.41) is 2.05. The number of rotatable bonds is 4. The first-order valence-corrected chi connectivity index (χ1v) is 7.65. The zero-order chi connectivity index (χ0) is 12.8. The highest BCUT2D eigenvalue weighted by atomic mass is 127. The molecule has 0 aliphatic carbocycles. The molecule has 0 heterocycles. The lowest BCUT2D eigenvalue weighted by Gasteiger charge is -1.98. The molecule has 0 fully saturated rings. The maximum atomic E-state index is 12.7. The third kappa shape index (κ3) is 4.46. The lowest BCUT2D eigenvalue weighted by molar-refractivity contribution is 0.628. The van der Waals surface area contributed by atoms with E-state index in [1.165, 1.54) is 21.3 Å². The van der Waals surface area contributed by atoms with E-state index >= 15 is 0 Å². The molecule has 0 radical (unpaired) electrons. The van der Waals surface area contributed by atoms with Gasteiger partial charge in [0.2, 0.25) is 0 Å². The lowest BCUT2D eigenvalue weighted by Crippen LogP contribution is -1.78. The normalized spacial score (nSPS) is 11.0. The second kappa shape index (κ2) is 6.95. The molecule has 18 heavy (non-hydrogen) atoms. The van der Waals surface area contributed by atoms with E-state index in [2.05, 4.69) is 46.9 Å². The fourth-order valence-corrected chi connectivity index (χ4v) is 2.52. The van der Waals surface area contributed by atoms with Gasteiger partial charge in [0.15, 0.2) is 0 Å². The lowest BCUT2D eigenvalue weighted by atomic mass is 10.2. The van der Waals surface area contributed by atoms with Crippen LogP contribution in [0.2, 0.25) is 0 Å². The number of thioether (sulfide) groups is 1. The predicted octanol–water partition coefficient (Wildman–Crippen LogP) is 5.33. The molecule has 0 amide bonds. The molecule has 0 atom stereocenters. The van der Waals surface area contributed by atoms with Crippen molar-refractivity contribution in [3.8, 4) is 0 Å². The van der Waals surface area contributed by atoms with Crippen LogP contribution < -0.4 is 0 Å². The first-order valence-electron chi connectivity index (χ1n) is 5.52. The van der Waals surface area contributed by atoms with Gasteiger partial charge in [0.1, 0.15) is 5.82 Å². The van der Waals surface area contributed by atoms with Gasteiger partial charge in [-0.1, -0.05) is 24.3 Å². The Morgan fingerprint density at radius 1 is 1.00 bits per heavy atom. The number of benzene rings is 2. The van der Waals surface area contributed by atoms with Crippen molar-refractivity contribution >= 4 is 40.4 Å². The molecule has 2 aromatic rings. The van der Waals surface area contributed by atoms with E-state index in [4.69, 9.17) is 0 Å². The Labute approximate surface area is 124 Å². The molecular formula is C15H12FIS. The van der Waals surface area contributed by atoms with Crippen LogP contribution in [0.25, 0.3) is 6.08 Å². The van der Waals surface area contributed by atoms with Gasteiger partial charge in [-0.15, -0.1) is 11.8 Å². The van der Waals surface area contributed by atoms with Gasteiger partial charge in [-0.25, -0.2) is 4.39 Å². The highest BCUT2D eigenvalue weighted by molar-refractivity contribution is 14.1. The second-order valence-corrected chi connectivity index (χ2v) is 5.93. The zero-order valence-corrected chi connectivity index (χ0v) is 12.6. The second-order valence-electron chi connectivity index (χ2n) is 3.79. The first-order chi connectivity index (χ1) is 8.74. The molecule has 0 saturated carbocycles. The van der Waals surface area contributed by atoms with Crippen LogP contribution >= 0.6 is 34.4 Å². The Morgan fingerprint density at radius 2 is 1.67 bits per heavy atom. The van der Waals surface area contributed by atoms with Gasteiger partial charge in [0.25, 0.3) is 0 Å². The van der Waals surface area contributed by atoms with Gasteiger partial charge in [-0.2, -0.15) is 0 Å². The van der Waals surface area contributed by atoms with E-state index in [-0.39, 0.29) is 5.82 Å². The molecule has 0 unspecified atom stereocenters. The van der Waals surface area contributed by atoms with Crippen LogP contribution in [-0.2, 0) is 5.75 Å². The van der Waals surface area contributed by atoms with Crippen LogP contribution in [0, 0.1) is 9.39 Å². The van der Waals surface area contributed by atoms with E-state index in [1.54, 1.807) is 23.9 Å². The average Bonchev–Trinajstić information content (AvgIpc) is 2.39. The van der Waals surface area contributed by atoms with E-state index < -0.39 is 0 Å². The van der Waals surface area contributed by atoms with E-state index in [1.807, 2.05) is 11.5 Å². The molecule has 0 saturated heterocycles. The molecule has 0 bridgehead atoms. The van der Waals surface area contributed by atoms with Crippen molar-refractivity contribution in [1.29, 1.82) is 0 Å². The van der Waals surface area contributed by atoms with Crippen molar-refractivity contribution in [2.24, 2.45) is 0 Å². The fraction of sp³-hybridized carbons (Fsp3) is 0.0667. The minimum absolute atomic E-state index is 0.196. The summed E-state index contributed by atoms with van der Waals surface area (Å²) in [6.07, 6.45) is 2.00. The van der Waals surface area contributed by atoms with Gasteiger partial charge in [0.05, 0.1) is 0 Å². The number of halogens is 2. The molecular weight excluding hydrogens is 358 g/mol. The SMILES string of the molecule is Fc1ccc(C=CSCc2ccc(I)cc2)cc1. The standard InChI is InChI=1S/C15H12FIS/c16-14-5-1-12(2-6-14)9-10-18-11-13-3-7-15(17)8-4-13/h1-10H,11H2. The Balaban J connectivity index is 1.84. The summed E-state index contributed by atoms with van der Waals surface area (Å²) in [7, 11) is 0. The first kappa shape index (κ1) is 13.6. The monoisotopic (exact) mass is 370 g/mol. The summed E-state index contributed by atoms with van der Waals surface area (Å²) < 4.78 is 14.0. The highest BCUT2D eigenvalue weighted by Gasteiger charge is 1.92. The van der Waals surface area contributed by atoms with E-state index in [0.29, 0.717) is 0 Å². The van der Waals surface area contributed by atoms with Crippen LogP contribution in [0.3, 0.4) is 0 Å². The summed E-state index contributed by atoms with van der Waals surface area (Å²) in [5.74, 6) is 0.757. The van der Waals surface area contributed by atoms with Gasteiger partial charge >= 0.3 is 0 Å². The summed E-state index contributed by atoms with van der Waals surface area (Å²) >= 11 is 4.03. The third-order valence-corrected chi connectivity index (χ3v) is 3.94. The van der Waals surface area contributed by atoms with Crippen LogP contribution in [0.1, 0.15) is 11.1 Å². The topological polar surface area (TPSA) is 0 Å². The minimum atomic E-state index is -0.196. The molecule has 0 aliphatic rings. The highest BCUT2D eigenvalue weighted by Crippen LogP contribution is 2.16. The van der Waals surface area contributed by atoms with Crippen LogP contribution in [0.4, 0.5) is 4.39 Å². The summed E-state index contributed by atoms with van der Waals surface area (Å²) in [5.41, 5.74) is 2.33. The zero-order valence-electron chi connectivity index (χ0n) is 9.64. The maximum absolute atomic E-state index is 12.7. The summed E-state index contributed by atoms with van der Waals surface area (Å²) in [6, 6.07) is 15.0. The summed E-state index contributed by atoms with van der Waals surface area (Å²) in [6.45, 7) is 0. The Hall–Kier alpha value is -0.810. The molecule has 0 spiro atoms. The Bertz CT molecular complexity index is 517. The van der Waals surface area contributed by atoms with Crippen molar-refractivity contribution < 1.29 is 4.39 Å². The van der Waals surface area contributed by atoms with E-state index in [0.717, 1.165) is 11.3 Å². The molecule has 92 valence electrons. The van der Waals surface area contributed by atoms with Gasteiger partial charge in [-0.3, -0.25) is 0 Å². The Kier molecular flexibility index (Phi) is 5.26. The summed E-state index contributed by atoms with van der Waals surface area (Å²) in [4.78, 5) is 0. The molecule has 0 aliphatic heterocycles. The van der Waals surface area contributed by atoms with Crippen molar-refractivity contribution in [2.45, 2.75) is 5.75 Å².